The summed E-state index contributed by atoms with van der Waals surface area (Å²) >= 11 is 5.61. The van der Waals surface area contributed by atoms with Gasteiger partial charge in [0.15, 0.2) is 0 Å². The quantitative estimate of drug-likeness (QED) is 0.589. The predicted molar refractivity (Wildman–Crippen MR) is 59.0 cm³/mol. The Hall–Kier alpha value is -1.09. The van der Waals surface area contributed by atoms with Gasteiger partial charge in [-0.25, -0.2) is 9.78 Å². The van der Waals surface area contributed by atoms with E-state index in [1.165, 1.54) is 6.20 Å². The first-order chi connectivity index (χ1) is 7.00. The minimum Gasteiger partial charge on any atom is -0.459 e. The highest BCUT2D eigenvalue weighted by Crippen LogP contribution is 2.11. The smallest absolute Gasteiger partial charge is 0.339 e. The van der Waals surface area contributed by atoms with Crippen molar-refractivity contribution >= 4 is 17.6 Å². The van der Waals surface area contributed by atoms with E-state index in [2.05, 4.69) is 4.98 Å². The van der Waals surface area contributed by atoms with Gasteiger partial charge in [-0.1, -0.05) is 25.4 Å². The Morgan fingerprint density at radius 3 is 2.53 bits per heavy atom. The summed E-state index contributed by atoms with van der Waals surface area (Å²) in [5, 5.41) is 0.364. The van der Waals surface area contributed by atoms with E-state index < -0.39 is 0 Å². The normalized spacial score (nSPS) is 12.6. The van der Waals surface area contributed by atoms with Crippen molar-refractivity contribution in [1.82, 2.24) is 4.98 Å². The Labute approximate surface area is 94.4 Å². The molecule has 0 aliphatic carbocycles. The molecule has 0 radical (unpaired) electrons. The number of ether oxygens (including phenoxy) is 1. The lowest BCUT2D eigenvalue weighted by atomic mass is 10.1. The predicted octanol–water partition coefficient (Wildman–Crippen LogP) is 2.94. The van der Waals surface area contributed by atoms with Crippen molar-refractivity contribution in [3.05, 3.63) is 29.0 Å². The molecule has 1 aromatic rings. The van der Waals surface area contributed by atoms with E-state index in [4.69, 9.17) is 16.3 Å². The summed E-state index contributed by atoms with van der Waals surface area (Å²) in [6.45, 7) is 5.86. The van der Waals surface area contributed by atoms with Gasteiger partial charge >= 0.3 is 5.97 Å². The van der Waals surface area contributed by atoms with Crippen molar-refractivity contribution in [3.63, 3.8) is 0 Å². The first-order valence-corrected chi connectivity index (χ1v) is 5.21. The minimum absolute atomic E-state index is 0.104. The van der Waals surface area contributed by atoms with Crippen LogP contribution in [0.2, 0.25) is 5.15 Å². The Balaban J connectivity index is 2.65. The van der Waals surface area contributed by atoms with E-state index in [0.29, 0.717) is 16.6 Å². The van der Waals surface area contributed by atoms with Crippen LogP contribution in [0.5, 0.6) is 0 Å². The van der Waals surface area contributed by atoms with Crippen molar-refractivity contribution in [1.29, 1.82) is 0 Å². The van der Waals surface area contributed by atoms with Crippen LogP contribution in [-0.4, -0.2) is 17.1 Å². The highest BCUT2D eigenvalue weighted by atomic mass is 35.5. The first-order valence-electron chi connectivity index (χ1n) is 4.83. The zero-order valence-electron chi connectivity index (χ0n) is 9.03. The van der Waals surface area contributed by atoms with E-state index in [9.17, 15) is 4.79 Å². The molecule has 0 aliphatic rings. The highest BCUT2D eigenvalue weighted by molar-refractivity contribution is 6.29. The van der Waals surface area contributed by atoms with Crippen LogP contribution >= 0.6 is 11.6 Å². The third-order valence-electron chi connectivity index (χ3n) is 2.19. The molecular formula is C11H14ClNO2. The van der Waals surface area contributed by atoms with Crippen LogP contribution in [0.4, 0.5) is 0 Å². The van der Waals surface area contributed by atoms with Gasteiger partial charge in [0.2, 0.25) is 0 Å². The van der Waals surface area contributed by atoms with Gasteiger partial charge in [-0.05, 0) is 25.0 Å². The maximum absolute atomic E-state index is 11.6. The number of halogens is 1. The largest absolute Gasteiger partial charge is 0.459 e. The molecular weight excluding hydrogens is 214 g/mol. The average Bonchev–Trinajstić information content (AvgIpc) is 2.18. The Morgan fingerprint density at radius 1 is 1.40 bits per heavy atom. The number of carbonyl (C=O) groups excluding carboxylic acids is 1. The van der Waals surface area contributed by atoms with Crippen molar-refractivity contribution in [2.45, 2.75) is 26.9 Å². The molecule has 1 unspecified atom stereocenters. The monoisotopic (exact) mass is 227 g/mol. The van der Waals surface area contributed by atoms with Crippen molar-refractivity contribution < 1.29 is 9.53 Å². The van der Waals surface area contributed by atoms with Gasteiger partial charge in [-0.15, -0.1) is 0 Å². The van der Waals surface area contributed by atoms with Gasteiger partial charge in [-0.2, -0.15) is 0 Å². The molecule has 82 valence electrons. The van der Waals surface area contributed by atoms with Crippen LogP contribution in [0, 0.1) is 5.92 Å². The number of hydrogen-bond acceptors (Lipinski definition) is 3. The molecule has 3 nitrogen and oxygen atoms in total. The zero-order valence-corrected chi connectivity index (χ0v) is 9.78. The van der Waals surface area contributed by atoms with Crippen molar-refractivity contribution in [2.24, 2.45) is 5.92 Å². The van der Waals surface area contributed by atoms with Gasteiger partial charge in [0, 0.05) is 6.20 Å². The molecule has 1 rings (SSSR count). The molecule has 0 aromatic carbocycles. The maximum atomic E-state index is 11.6. The second-order valence-electron chi connectivity index (χ2n) is 3.72. The molecule has 1 aromatic heterocycles. The molecule has 0 spiro atoms. The van der Waals surface area contributed by atoms with E-state index in [1.807, 2.05) is 20.8 Å². The number of nitrogens with zero attached hydrogens (tertiary/aromatic N) is 1. The molecule has 15 heavy (non-hydrogen) atoms. The van der Waals surface area contributed by atoms with E-state index in [-0.39, 0.29) is 12.1 Å². The van der Waals surface area contributed by atoms with Gasteiger partial charge in [0.05, 0.1) is 5.56 Å². The molecule has 1 heterocycles. The molecule has 4 heteroatoms. The van der Waals surface area contributed by atoms with Crippen molar-refractivity contribution in [2.75, 3.05) is 0 Å². The second-order valence-corrected chi connectivity index (χ2v) is 4.11. The third kappa shape index (κ3) is 3.51. The molecule has 1 atom stereocenters. The zero-order chi connectivity index (χ0) is 11.4. The first kappa shape index (κ1) is 12.0. The van der Waals surface area contributed by atoms with Crippen molar-refractivity contribution in [3.8, 4) is 0 Å². The highest BCUT2D eigenvalue weighted by Gasteiger charge is 2.14. The Kier molecular flexibility index (Phi) is 4.09. The molecule has 0 fully saturated rings. The van der Waals surface area contributed by atoms with Gasteiger partial charge in [-0.3, -0.25) is 0 Å². The second kappa shape index (κ2) is 5.12. The molecule has 0 amide bonds. The van der Waals surface area contributed by atoms with Gasteiger partial charge < -0.3 is 4.74 Å². The molecule has 0 aliphatic heterocycles. The molecule has 0 bridgehead atoms. The number of hydrogen-bond donors (Lipinski definition) is 0. The lowest BCUT2D eigenvalue weighted by molar-refractivity contribution is 0.0237. The van der Waals surface area contributed by atoms with Crippen LogP contribution in [0.1, 0.15) is 31.1 Å². The lowest BCUT2D eigenvalue weighted by Gasteiger charge is -2.16. The molecule has 0 saturated heterocycles. The van der Waals surface area contributed by atoms with E-state index >= 15 is 0 Å². The Morgan fingerprint density at radius 2 is 2.07 bits per heavy atom. The summed E-state index contributed by atoms with van der Waals surface area (Å²) < 4.78 is 5.22. The fourth-order valence-electron chi connectivity index (χ4n) is 0.870. The topological polar surface area (TPSA) is 39.2 Å². The fourth-order valence-corrected chi connectivity index (χ4v) is 0.981. The van der Waals surface area contributed by atoms with Crippen LogP contribution in [0.25, 0.3) is 0 Å². The van der Waals surface area contributed by atoms with Crippen LogP contribution in [0.15, 0.2) is 18.3 Å². The number of rotatable bonds is 3. The summed E-state index contributed by atoms with van der Waals surface area (Å²) in [6.07, 6.45) is 1.31. The number of aromatic nitrogens is 1. The number of pyridine rings is 1. The third-order valence-corrected chi connectivity index (χ3v) is 2.42. The maximum Gasteiger partial charge on any atom is 0.339 e. The fraction of sp³-hybridized carbons (Fsp3) is 0.455. The summed E-state index contributed by atoms with van der Waals surface area (Å²) in [5.74, 6) is -0.0606. The standard InChI is InChI=1S/C11H14ClNO2/c1-7(2)8(3)15-11(14)9-4-5-10(12)13-6-9/h4-8H,1-3H3. The van der Waals surface area contributed by atoms with Crippen LogP contribution in [0.3, 0.4) is 0 Å². The average molecular weight is 228 g/mol. The summed E-state index contributed by atoms with van der Waals surface area (Å²) in [5.41, 5.74) is 0.423. The lowest BCUT2D eigenvalue weighted by Crippen LogP contribution is -2.20. The summed E-state index contributed by atoms with van der Waals surface area (Å²) in [4.78, 5) is 15.4. The van der Waals surface area contributed by atoms with E-state index in [1.54, 1.807) is 12.1 Å². The SMILES string of the molecule is CC(C)C(C)OC(=O)c1ccc(Cl)nc1. The van der Waals surface area contributed by atoms with Gasteiger partial charge in [0.25, 0.3) is 0 Å². The van der Waals surface area contributed by atoms with Gasteiger partial charge in [0.1, 0.15) is 11.3 Å². The van der Waals surface area contributed by atoms with Crippen LogP contribution < -0.4 is 0 Å². The minimum atomic E-state index is -0.361. The summed E-state index contributed by atoms with van der Waals surface area (Å²) in [6, 6.07) is 3.17. The van der Waals surface area contributed by atoms with Crippen LogP contribution in [-0.2, 0) is 4.74 Å². The number of carbonyl (C=O) groups is 1. The van der Waals surface area contributed by atoms with E-state index in [0.717, 1.165) is 0 Å². The molecule has 0 saturated carbocycles. The Bertz CT molecular complexity index is 335. The molecule has 0 N–H and O–H groups in total. The summed E-state index contributed by atoms with van der Waals surface area (Å²) in [7, 11) is 0. The number of esters is 1.